The van der Waals surface area contributed by atoms with Crippen LogP contribution in [0.3, 0.4) is 0 Å². The van der Waals surface area contributed by atoms with E-state index in [1.165, 1.54) is 19.3 Å². The van der Waals surface area contributed by atoms with E-state index in [1.807, 2.05) is 0 Å². The summed E-state index contributed by atoms with van der Waals surface area (Å²) < 4.78 is 0. The first-order chi connectivity index (χ1) is 7.46. The van der Waals surface area contributed by atoms with Crippen LogP contribution in [0.15, 0.2) is 0 Å². The predicted octanol–water partition coefficient (Wildman–Crippen LogP) is 2.74. The molecule has 1 aliphatic carbocycles. The number of nitrogens with zero attached hydrogens (tertiary/aromatic N) is 1. The molecule has 0 aromatic carbocycles. The van der Waals surface area contributed by atoms with Crippen LogP contribution in [0.2, 0.25) is 0 Å². The van der Waals surface area contributed by atoms with Crippen LogP contribution in [0, 0.1) is 10.8 Å². The van der Waals surface area contributed by atoms with Crippen LogP contribution in [-0.4, -0.2) is 29.6 Å². The summed E-state index contributed by atoms with van der Waals surface area (Å²) >= 11 is 4.37. The van der Waals surface area contributed by atoms with E-state index in [-0.39, 0.29) is 5.41 Å². The minimum atomic E-state index is 0.266. The first kappa shape index (κ1) is 12.3. The molecule has 3 heteroatoms. The summed E-state index contributed by atoms with van der Waals surface area (Å²) in [7, 11) is 0. The number of thiol groups is 1. The molecule has 2 aliphatic rings. The van der Waals surface area contributed by atoms with Gasteiger partial charge in [-0.25, -0.2) is 0 Å². The van der Waals surface area contributed by atoms with Crippen molar-refractivity contribution < 1.29 is 4.79 Å². The van der Waals surface area contributed by atoms with Gasteiger partial charge < -0.3 is 4.90 Å². The van der Waals surface area contributed by atoms with E-state index >= 15 is 0 Å². The molecule has 2 fully saturated rings. The molecule has 1 amide bonds. The van der Waals surface area contributed by atoms with Gasteiger partial charge in [-0.3, -0.25) is 4.79 Å². The molecule has 2 rings (SSSR count). The Hall–Kier alpha value is -0.180. The predicted molar refractivity (Wildman–Crippen MR) is 69.7 cm³/mol. The van der Waals surface area contributed by atoms with Gasteiger partial charge in [0.2, 0.25) is 5.91 Å². The Morgan fingerprint density at radius 2 is 2.00 bits per heavy atom. The van der Waals surface area contributed by atoms with Crippen molar-refractivity contribution in [2.45, 2.75) is 46.0 Å². The Bertz CT molecular complexity index is 284. The highest BCUT2D eigenvalue weighted by Gasteiger charge is 2.44. The summed E-state index contributed by atoms with van der Waals surface area (Å²) in [4.78, 5) is 14.3. The largest absolute Gasteiger partial charge is 0.342 e. The van der Waals surface area contributed by atoms with E-state index in [2.05, 4.69) is 31.4 Å². The van der Waals surface area contributed by atoms with Crippen molar-refractivity contribution in [3.05, 3.63) is 0 Å². The van der Waals surface area contributed by atoms with Crippen LogP contribution in [0.4, 0.5) is 0 Å². The number of piperidine rings is 1. The molecular weight excluding hydrogens is 218 g/mol. The van der Waals surface area contributed by atoms with Gasteiger partial charge >= 0.3 is 0 Å². The quantitative estimate of drug-likeness (QED) is 0.753. The van der Waals surface area contributed by atoms with E-state index in [1.54, 1.807) is 0 Å². The van der Waals surface area contributed by atoms with Crippen LogP contribution in [-0.2, 0) is 4.79 Å². The van der Waals surface area contributed by atoms with Crippen LogP contribution in [0.5, 0.6) is 0 Å². The molecule has 1 aliphatic heterocycles. The lowest BCUT2D eigenvalue weighted by Gasteiger charge is -2.38. The fourth-order valence-corrected chi connectivity index (χ4v) is 3.06. The third-order valence-electron chi connectivity index (χ3n) is 4.07. The number of carbonyl (C=O) groups is 1. The lowest BCUT2D eigenvalue weighted by molar-refractivity contribution is -0.135. The van der Waals surface area contributed by atoms with Gasteiger partial charge in [0.05, 0.1) is 0 Å². The van der Waals surface area contributed by atoms with Gasteiger partial charge in [0.15, 0.2) is 0 Å². The fourth-order valence-electron chi connectivity index (χ4n) is 2.64. The van der Waals surface area contributed by atoms with Gasteiger partial charge in [-0.2, -0.15) is 12.6 Å². The van der Waals surface area contributed by atoms with Gasteiger partial charge in [-0.1, -0.05) is 13.8 Å². The van der Waals surface area contributed by atoms with Gasteiger partial charge in [0.25, 0.3) is 0 Å². The van der Waals surface area contributed by atoms with Crippen molar-refractivity contribution in [3.8, 4) is 0 Å². The van der Waals surface area contributed by atoms with Crippen LogP contribution >= 0.6 is 12.6 Å². The number of amides is 1. The monoisotopic (exact) mass is 241 g/mol. The smallest absolute Gasteiger partial charge is 0.223 e. The normalized spacial score (nSPS) is 26.6. The maximum absolute atomic E-state index is 12.2. The summed E-state index contributed by atoms with van der Waals surface area (Å²) in [5, 5.41) is 0. The highest BCUT2D eigenvalue weighted by molar-refractivity contribution is 7.80. The molecule has 92 valence electrons. The molecule has 0 bridgehead atoms. The number of likely N-dealkylation sites (tertiary alicyclic amines) is 1. The molecule has 0 aromatic rings. The molecule has 1 saturated carbocycles. The minimum Gasteiger partial charge on any atom is -0.342 e. The van der Waals surface area contributed by atoms with Gasteiger partial charge in [0.1, 0.15) is 0 Å². The van der Waals surface area contributed by atoms with Crippen molar-refractivity contribution in [3.63, 3.8) is 0 Å². The summed E-state index contributed by atoms with van der Waals surface area (Å²) in [6, 6.07) is 0. The third-order valence-corrected chi connectivity index (χ3v) is 4.74. The molecule has 0 unspecified atom stereocenters. The minimum absolute atomic E-state index is 0.266. The van der Waals surface area contributed by atoms with Gasteiger partial charge in [0, 0.05) is 19.5 Å². The third kappa shape index (κ3) is 2.73. The van der Waals surface area contributed by atoms with E-state index in [4.69, 9.17) is 0 Å². The number of carbonyl (C=O) groups excluding carboxylic acids is 1. The molecule has 1 saturated heterocycles. The summed E-state index contributed by atoms with van der Waals surface area (Å²) in [6.07, 6.45) is 5.52. The Balaban J connectivity index is 1.89. The molecule has 0 N–H and O–H groups in total. The van der Waals surface area contributed by atoms with Gasteiger partial charge in [-0.05, 0) is 42.3 Å². The van der Waals surface area contributed by atoms with E-state index in [9.17, 15) is 4.79 Å². The van der Waals surface area contributed by atoms with E-state index in [0.717, 1.165) is 31.7 Å². The second kappa shape index (κ2) is 4.25. The van der Waals surface area contributed by atoms with Crippen molar-refractivity contribution in [2.24, 2.45) is 10.8 Å². The van der Waals surface area contributed by atoms with E-state index < -0.39 is 0 Å². The highest BCUT2D eigenvalue weighted by atomic mass is 32.1. The van der Waals surface area contributed by atoms with E-state index in [0.29, 0.717) is 11.3 Å². The van der Waals surface area contributed by atoms with Crippen LogP contribution in [0.25, 0.3) is 0 Å². The topological polar surface area (TPSA) is 20.3 Å². The lowest BCUT2D eigenvalue weighted by Crippen LogP contribution is -2.44. The molecule has 0 aromatic heterocycles. The van der Waals surface area contributed by atoms with Crippen molar-refractivity contribution in [1.29, 1.82) is 0 Å². The van der Waals surface area contributed by atoms with Crippen molar-refractivity contribution in [2.75, 3.05) is 18.8 Å². The zero-order chi connectivity index (χ0) is 11.8. The molecule has 0 spiro atoms. The fraction of sp³-hybridized carbons (Fsp3) is 0.923. The molecular formula is C13H23NOS. The number of hydrogen-bond donors (Lipinski definition) is 1. The maximum Gasteiger partial charge on any atom is 0.223 e. The highest BCUT2D eigenvalue weighted by Crippen LogP contribution is 2.50. The van der Waals surface area contributed by atoms with Crippen LogP contribution < -0.4 is 0 Å². The molecule has 0 radical (unpaired) electrons. The molecule has 1 heterocycles. The zero-order valence-corrected chi connectivity index (χ0v) is 11.4. The number of hydrogen-bond acceptors (Lipinski definition) is 2. The Kier molecular flexibility index (Phi) is 3.26. The Morgan fingerprint density at radius 3 is 2.50 bits per heavy atom. The Morgan fingerprint density at radius 1 is 1.31 bits per heavy atom. The average molecular weight is 241 g/mol. The van der Waals surface area contributed by atoms with Crippen molar-refractivity contribution in [1.82, 2.24) is 4.90 Å². The summed E-state index contributed by atoms with van der Waals surface area (Å²) in [5.74, 6) is 1.23. The SMILES string of the molecule is CC1(C)CCCN(C(=O)CC2(CS)CC2)C1. The summed E-state index contributed by atoms with van der Waals surface area (Å²) in [6.45, 7) is 6.43. The second-order valence-electron chi connectivity index (χ2n) is 6.42. The van der Waals surface area contributed by atoms with Crippen molar-refractivity contribution >= 4 is 18.5 Å². The lowest BCUT2D eigenvalue weighted by atomic mass is 9.84. The standard InChI is InChI=1S/C13H23NOS/c1-12(2)4-3-7-14(9-12)11(15)8-13(10-16)5-6-13/h16H,3-10H2,1-2H3. The Labute approximate surface area is 104 Å². The maximum atomic E-state index is 12.2. The zero-order valence-electron chi connectivity index (χ0n) is 10.5. The molecule has 0 atom stereocenters. The first-order valence-corrected chi connectivity index (χ1v) is 6.98. The van der Waals surface area contributed by atoms with Gasteiger partial charge in [-0.15, -0.1) is 0 Å². The summed E-state index contributed by atoms with van der Waals surface area (Å²) in [5.41, 5.74) is 0.577. The molecule has 16 heavy (non-hydrogen) atoms. The second-order valence-corrected chi connectivity index (χ2v) is 6.73. The number of rotatable bonds is 3. The first-order valence-electron chi connectivity index (χ1n) is 6.35. The molecule has 2 nitrogen and oxygen atoms in total. The van der Waals surface area contributed by atoms with Crippen LogP contribution in [0.1, 0.15) is 46.0 Å². The average Bonchev–Trinajstić information content (AvgIpc) is 2.97.